The number of hydrogen-bond acceptors (Lipinski definition) is 2. The van der Waals surface area contributed by atoms with E-state index in [1.54, 1.807) is 12.1 Å². The van der Waals surface area contributed by atoms with Crippen molar-refractivity contribution in [1.29, 1.82) is 0 Å². The number of rotatable bonds is 5. The molecule has 0 radical (unpaired) electrons. The van der Waals surface area contributed by atoms with Crippen molar-refractivity contribution in [2.45, 2.75) is 26.4 Å². The molecular formula is C14H15F2NO. The highest BCUT2D eigenvalue weighted by molar-refractivity contribution is 5.23. The van der Waals surface area contributed by atoms with Crippen LogP contribution in [0.15, 0.2) is 40.8 Å². The Morgan fingerprint density at radius 1 is 1.06 bits per heavy atom. The molecule has 2 nitrogen and oxygen atoms in total. The third-order valence-corrected chi connectivity index (χ3v) is 2.66. The molecule has 0 saturated heterocycles. The zero-order valence-corrected chi connectivity index (χ0v) is 10.1. The third kappa shape index (κ3) is 3.40. The maximum Gasteiger partial charge on any atom is 0.263 e. The van der Waals surface area contributed by atoms with Gasteiger partial charge in [-0.15, -0.1) is 0 Å². The Bertz CT molecular complexity index is 491. The number of alkyl halides is 2. The van der Waals surface area contributed by atoms with Crippen LogP contribution in [0.4, 0.5) is 8.78 Å². The van der Waals surface area contributed by atoms with E-state index in [0.29, 0.717) is 13.1 Å². The summed E-state index contributed by atoms with van der Waals surface area (Å²) in [6.07, 6.45) is -2.40. The average Bonchev–Trinajstić information content (AvgIpc) is 2.76. The summed E-state index contributed by atoms with van der Waals surface area (Å²) >= 11 is 0. The SMILES string of the molecule is Cc1ccc(CNCc2ccc(C(F)F)cc2)o1. The highest BCUT2D eigenvalue weighted by Gasteiger charge is 2.05. The van der Waals surface area contributed by atoms with Crippen molar-refractivity contribution in [3.8, 4) is 0 Å². The molecule has 0 bridgehead atoms. The summed E-state index contributed by atoms with van der Waals surface area (Å²) in [5, 5.41) is 3.20. The van der Waals surface area contributed by atoms with Gasteiger partial charge in [0.05, 0.1) is 6.54 Å². The van der Waals surface area contributed by atoms with Crippen LogP contribution in [0.1, 0.15) is 29.1 Å². The van der Waals surface area contributed by atoms with Gasteiger partial charge in [0.2, 0.25) is 0 Å². The minimum absolute atomic E-state index is 0.0559. The molecule has 4 heteroatoms. The summed E-state index contributed by atoms with van der Waals surface area (Å²) in [7, 11) is 0. The van der Waals surface area contributed by atoms with E-state index < -0.39 is 6.43 Å². The van der Waals surface area contributed by atoms with E-state index in [-0.39, 0.29) is 5.56 Å². The molecule has 1 aromatic carbocycles. The standard InChI is InChI=1S/C14H15F2NO/c1-10-2-7-13(18-10)9-17-8-11-3-5-12(6-4-11)14(15)16/h2-7,14,17H,8-9H2,1H3. The maximum atomic E-state index is 12.3. The molecule has 0 unspecified atom stereocenters. The number of benzene rings is 1. The fraction of sp³-hybridized carbons (Fsp3) is 0.286. The molecule has 0 saturated carbocycles. The highest BCUT2D eigenvalue weighted by Crippen LogP contribution is 2.18. The lowest BCUT2D eigenvalue weighted by atomic mass is 10.1. The zero-order chi connectivity index (χ0) is 13.0. The minimum atomic E-state index is -2.40. The van der Waals surface area contributed by atoms with Crippen LogP contribution in [0, 0.1) is 6.92 Å². The second-order valence-electron chi connectivity index (χ2n) is 4.16. The molecule has 2 aromatic rings. The summed E-state index contributed by atoms with van der Waals surface area (Å²) in [6.45, 7) is 3.15. The smallest absolute Gasteiger partial charge is 0.263 e. The molecule has 0 amide bonds. The Kier molecular flexibility index (Phi) is 4.10. The molecule has 18 heavy (non-hydrogen) atoms. The van der Waals surface area contributed by atoms with Gasteiger partial charge in [-0.2, -0.15) is 0 Å². The van der Waals surface area contributed by atoms with E-state index in [2.05, 4.69) is 5.32 Å². The van der Waals surface area contributed by atoms with Crippen LogP contribution in [-0.4, -0.2) is 0 Å². The van der Waals surface area contributed by atoms with Crippen LogP contribution in [0.5, 0.6) is 0 Å². The van der Waals surface area contributed by atoms with Gasteiger partial charge in [-0.25, -0.2) is 8.78 Å². The third-order valence-electron chi connectivity index (χ3n) is 2.66. The van der Waals surface area contributed by atoms with Gasteiger partial charge in [-0.05, 0) is 24.6 Å². The molecule has 0 fully saturated rings. The highest BCUT2D eigenvalue weighted by atomic mass is 19.3. The van der Waals surface area contributed by atoms with Crippen LogP contribution < -0.4 is 5.32 Å². The van der Waals surface area contributed by atoms with Gasteiger partial charge in [0.1, 0.15) is 11.5 Å². The van der Waals surface area contributed by atoms with Crippen LogP contribution >= 0.6 is 0 Å². The van der Waals surface area contributed by atoms with E-state index in [0.717, 1.165) is 17.1 Å². The summed E-state index contributed by atoms with van der Waals surface area (Å²) in [6, 6.07) is 10.2. The summed E-state index contributed by atoms with van der Waals surface area (Å²) in [5.41, 5.74) is 1.03. The summed E-state index contributed by atoms with van der Waals surface area (Å²) < 4.78 is 30.1. The molecule has 0 spiro atoms. The number of halogens is 2. The van der Waals surface area contributed by atoms with E-state index in [4.69, 9.17) is 4.42 Å². The first-order valence-electron chi connectivity index (χ1n) is 5.78. The van der Waals surface area contributed by atoms with E-state index in [9.17, 15) is 8.78 Å². The van der Waals surface area contributed by atoms with Crippen LogP contribution in [0.2, 0.25) is 0 Å². The van der Waals surface area contributed by atoms with Gasteiger partial charge in [0.15, 0.2) is 0 Å². The van der Waals surface area contributed by atoms with Crippen molar-refractivity contribution in [3.05, 3.63) is 59.0 Å². The van der Waals surface area contributed by atoms with E-state index in [1.165, 1.54) is 12.1 Å². The summed E-state index contributed by atoms with van der Waals surface area (Å²) in [5.74, 6) is 1.75. The number of furan rings is 1. The molecule has 0 aliphatic rings. The van der Waals surface area contributed by atoms with Crippen LogP contribution in [-0.2, 0) is 13.1 Å². The quantitative estimate of drug-likeness (QED) is 0.874. The molecule has 0 atom stereocenters. The molecule has 0 aliphatic heterocycles. The molecular weight excluding hydrogens is 236 g/mol. The second-order valence-corrected chi connectivity index (χ2v) is 4.16. The molecule has 1 heterocycles. The number of aryl methyl sites for hydroxylation is 1. The first kappa shape index (κ1) is 12.8. The molecule has 0 aliphatic carbocycles. The largest absolute Gasteiger partial charge is 0.465 e. The fourth-order valence-corrected chi connectivity index (χ4v) is 1.69. The van der Waals surface area contributed by atoms with Gasteiger partial charge >= 0.3 is 0 Å². The zero-order valence-electron chi connectivity index (χ0n) is 10.1. The normalized spacial score (nSPS) is 11.1. The van der Waals surface area contributed by atoms with Gasteiger partial charge in [-0.3, -0.25) is 0 Å². The number of nitrogens with one attached hydrogen (secondary N) is 1. The van der Waals surface area contributed by atoms with Crippen molar-refractivity contribution in [2.24, 2.45) is 0 Å². The predicted octanol–water partition coefficient (Wildman–Crippen LogP) is 3.82. The lowest BCUT2D eigenvalue weighted by Gasteiger charge is -2.04. The Morgan fingerprint density at radius 3 is 2.33 bits per heavy atom. The predicted molar refractivity (Wildman–Crippen MR) is 65.4 cm³/mol. The lowest BCUT2D eigenvalue weighted by molar-refractivity contribution is 0.151. The second kappa shape index (κ2) is 5.78. The maximum absolute atomic E-state index is 12.3. The van der Waals surface area contributed by atoms with Crippen molar-refractivity contribution in [1.82, 2.24) is 5.32 Å². The van der Waals surface area contributed by atoms with Crippen LogP contribution in [0.25, 0.3) is 0 Å². The molecule has 96 valence electrons. The monoisotopic (exact) mass is 251 g/mol. The molecule has 2 rings (SSSR count). The number of hydrogen-bond donors (Lipinski definition) is 1. The van der Waals surface area contributed by atoms with Gasteiger partial charge in [0.25, 0.3) is 6.43 Å². The van der Waals surface area contributed by atoms with Crippen molar-refractivity contribution >= 4 is 0 Å². The summed E-state index contributed by atoms with van der Waals surface area (Å²) in [4.78, 5) is 0. The fourth-order valence-electron chi connectivity index (χ4n) is 1.69. The first-order valence-corrected chi connectivity index (χ1v) is 5.78. The Labute approximate surface area is 105 Å². The lowest BCUT2D eigenvalue weighted by Crippen LogP contribution is -2.12. The average molecular weight is 251 g/mol. The van der Waals surface area contributed by atoms with Gasteiger partial charge in [-0.1, -0.05) is 24.3 Å². The minimum Gasteiger partial charge on any atom is -0.465 e. The van der Waals surface area contributed by atoms with Gasteiger partial charge < -0.3 is 9.73 Å². The van der Waals surface area contributed by atoms with E-state index in [1.807, 2.05) is 19.1 Å². The van der Waals surface area contributed by atoms with E-state index >= 15 is 0 Å². The van der Waals surface area contributed by atoms with Gasteiger partial charge in [0, 0.05) is 12.1 Å². The first-order chi connectivity index (χ1) is 8.65. The molecule has 1 N–H and O–H groups in total. The Balaban J connectivity index is 1.83. The van der Waals surface area contributed by atoms with Crippen molar-refractivity contribution < 1.29 is 13.2 Å². The Morgan fingerprint density at radius 2 is 1.78 bits per heavy atom. The van der Waals surface area contributed by atoms with Crippen LogP contribution in [0.3, 0.4) is 0 Å². The van der Waals surface area contributed by atoms with Crippen molar-refractivity contribution in [3.63, 3.8) is 0 Å². The topological polar surface area (TPSA) is 25.2 Å². The molecule has 1 aromatic heterocycles. The van der Waals surface area contributed by atoms with Crippen molar-refractivity contribution in [2.75, 3.05) is 0 Å². The Hall–Kier alpha value is -1.68.